The van der Waals surface area contributed by atoms with Gasteiger partial charge in [0.2, 0.25) is 0 Å². The van der Waals surface area contributed by atoms with E-state index in [2.05, 4.69) is 0 Å². The summed E-state index contributed by atoms with van der Waals surface area (Å²) in [5.74, 6) is 0. The Balaban J connectivity index is 2.59. The van der Waals surface area contributed by atoms with Crippen LogP contribution in [0.5, 0.6) is 0 Å². The number of hydrogen-bond acceptors (Lipinski definition) is 2. The molecule has 0 aromatic carbocycles. The van der Waals surface area contributed by atoms with Gasteiger partial charge in [0.15, 0.2) is 0 Å². The molecule has 2 heterocycles. The van der Waals surface area contributed by atoms with Crippen molar-refractivity contribution in [2.24, 2.45) is 14.1 Å². The number of nitrogens with zero attached hydrogens (tertiary/aromatic N) is 2. The molecule has 0 spiro atoms. The molecular weight excluding hydrogens is 168 g/mol. The van der Waals surface area contributed by atoms with Crippen molar-refractivity contribution in [2.75, 3.05) is 13.2 Å². The summed E-state index contributed by atoms with van der Waals surface area (Å²) in [5.41, 5.74) is 2.34. The third-order valence-corrected chi connectivity index (χ3v) is 2.68. The first-order chi connectivity index (χ1) is 6.22. The zero-order chi connectivity index (χ0) is 9.42. The standard InChI is InChI=1S/C9H14N2O2/c1-10-7-3-5-13-6-4-8(7)11(2)9(10)12/h3-6H2,1-2H3. The summed E-state index contributed by atoms with van der Waals surface area (Å²) in [7, 11) is 3.65. The SMILES string of the molecule is Cn1c2c(n(C)c1=O)CCOCC2. The third kappa shape index (κ3) is 1.21. The van der Waals surface area contributed by atoms with Gasteiger partial charge in [-0.05, 0) is 0 Å². The Morgan fingerprint density at radius 3 is 2.00 bits per heavy atom. The third-order valence-electron chi connectivity index (χ3n) is 2.68. The molecule has 1 aromatic rings. The minimum atomic E-state index is 0.0758. The number of imidazole rings is 1. The lowest BCUT2D eigenvalue weighted by atomic mass is 10.2. The fourth-order valence-electron chi connectivity index (χ4n) is 1.91. The summed E-state index contributed by atoms with van der Waals surface area (Å²) < 4.78 is 8.81. The van der Waals surface area contributed by atoms with Crippen molar-refractivity contribution in [1.82, 2.24) is 9.13 Å². The van der Waals surface area contributed by atoms with Crippen LogP contribution in [-0.2, 0) is 31.7 Å². The topological polar surface area (TPSA) is 36.2 Å². The molecule has 0 atom stereocenters. The van der Waals surface area contributed by atoms with Gasteiger partial charge in [-0.2, -0.15) is 0 Å². The summed E-state index contributed by atoms with van der Waals surface area (Å²) in [6.45, 7) is 1.45. The minimum Gasteiger partial charge on any atom is -0.381 e. The van der Waals surface area contributed by atoms with Crippen LogP contribution in [0, 0.1) is 0 Å². The number of aromatic nitrogens is 2. The van der Waals surface area contributed by atoms with Gasteiger partial charge < -0.3 is 4.74 Å². The van der Waals surface area contributed by atoms with Gasteiger partial charge in [0.1, 0.15) is 0 Å². The first kappa shape index (κ1) is 8.56. The van der Waals surface area contributed by atoms with E-state index < -0.39 is 0 Å². The molecule has 1 aromatic heterocycles. The Morgan fingerprint density at radius 1 is 1.08 bits per heavy atom. The molecule has 13 heavy (non-hydrogen) atoms. The van der Waals surface area contributed by atoms with E-state index in [1.165, 1.54) is 0 Å². The van der Waals surface area contributed by atoms with E-state index in [1.807, 2.05) is 14.1 Å². The molecule has 4 heteroatoms. The van der Waals surface area contributed by atoms with Gasteiger partial charge >= 0.3 is 5.69 Å². The van der Waals surface area contributed by atoms with Crippen LogP contribution in [0.3, 0.4) is 0 Å². The second kappa shape index (κ2) is 3.03. The summed E-state index contributed by atoms with van der Waals surface area (Å²) >= 11 is 0. The number of rotatable bonds is 0. The highest BCUT2D eigenvalue weighted by atomic mass is 16.5. The van der Waals surface area contributed by atoms with Gasteiger partial charge in [-0.1, -0.05) is 0 Å². The van der Waals surface area contributed by atoms with Gasteiger partial charge in [0.25, 0.3) is 0 Å². The highest BCUT2D eigenvalue weighted by Gasteiger charge is 2.16. The van der Waals surface area contributed by atoms with E-state index in [-0.39, 0.29) is 5.69 Å². The Bertz CT molecular complexity index is 343. The van der Waals surface area contributed by atoms with Gasteiger partial charge in [-0.15, -0.1) is 0 Å². The molecule has 72 valence electrons. The van der Waals surface area contributed by atoms with Crippen LogP contribution in [0.2, 0.25) is 0 Å². The monoisotopic (exact) mass is 182 g/mol. The van der Waals surface area contributed by atoms with E-state index in [4.69, 9.17) is 4.74 Å². The van der Waals surface area contributed by atoms with Crippen molar-refractivity contribution in [3.63, 3.8) is 0 Å². The molecule has 1 aliphatic heterocycles. The van der Waals surface area contributed by atoms with Crippen LogP contribution in [0.4, 0.5) is 0 Å². The molecule has 1 aliphatic rings. The molecule has 0 bridgehead atoms. The van der Waals surface area contributed by atoms with Gasteiger partial charge in [0.05, 0.1) is 13.2 Å². The molecule has 0 fully saturated rings. The molecule has 0 aliphatic carbocycles. The first-order valence-electron chi connectivity index (χ1n) is 4.53. The van der Waals surface area contributed by atoms with Crippen LogP contribution in [0.15, 0.2) is 4.79 Å². The molecular formula is C9H14N2O2. The molecule has 4 nitrogen and oxygen atoms in total. The van der Waals surface area contributed by atoms with Gasteiger partial charge in [-0.25, -0.2) is 4.79 Å². The lowest BCUT2D eigenvalue weighted by molar-refractivity contribution is 0.145. The summed E-state index contributed by atoms with van der Waals surface area (Å²) in [6, 6.07) is 0. The van der Waals surface area contributed by atoms with E-state index >= 15 is 0 Å². The zero-order valence-electron chi connectivity index (χ0n) is 8.04. The fourth-order valence-corrected chi connectivity index (χ4v) is 1.91. The second-order valence-corrected chi connectivity index (χ2v) is 3.41. The zero-order valence-corrected chi connectivity index (χ0v) is 8.04. The number of ether oxygens (including phenoxy) is 1. The lowest BCUT2D eigenvalue weighted by Crippen LogP contribution is -2.21. The molecule has 2 rings (SSSR count). The van der Waals surface area contributed by atoms with E-state index in [1.54, 1.807) is 9.13 Å². The molecule has 0 unspecified atom stereocenters. The van der Waals surface area contributed by atoms with Crippen molar-refractivity contribution in [2.45, 2.75) is 12.8 Å². The average molecular weight is 182 g/mol. The van der Waals surface area contributed by atoms with Crippen molar-refractivity contribution >= 4 is 0 Å². The number of hydrogen-bond donors (Lipinski definition) is 0. The molecule has 0 radical (unpaired) electrons. The largest absolute Gasteiger partial charge is 0.381 e. The Labute approximate surface area is 76.7 Å². The van der Waals surface area contributed by atoms with E-state index in [0.717, 1.165) is 37.4 Å². The average Bonchev–Trinajstić information content (AvgIpc) is 2.40. The Morgan fingerprint density at radius 2 is 1.54 bits per heavy atom. The van der Waals surface area contributed by atoms with Crippen molar-refractivity contribution in [1.29, 1.82) is 0 Å². The second-order valence-electron chi connectivity index (χ2n) is 3.41. The highest BCUT2D eigenvalue weighted by Crippen LogP contribution is 2.11. The van der Waals surface area contributed by atoms with Crippen LogP contribution >= 0.6 is 0 Å². The van der Waals surface area contributed by atoms with Crippen LogP contribution in [-0.4, -0.2) is 22.3 Å². The molecule has 0 amide bonds. The summed E-state index contributed by atoms with van der Waals surface area (Å²) in [5, 5.41) is 0. The maximum Gasteiger partial charge on any atom is 0.328 e. The summed E-state index contributed by atoms with van der Waals surface area (Å²) in [4.78, 5) is 11.6. The molecule has 0 saturated carbocycles. The predicted octanol–water partition coefficient (Wildman–Crippen LogP) is -0.161. The van der Waals surface area contributed by atoms with Crippen molar-refractivity contribution in [3.05, 3.63) is 21.9 Å². The highest BCUT2D eigenvalue weighted by molar-refractivity contribution is 5.16. The smallest absolute Gasteiger partial charge is 0.328 e. The van der Waals surface area contributed by atoms with Crippen LogP contribution in [0.1, 0.15) is 11.4 Å². The molecule has 0 N–H and O–H groups in total. The van der Waals surface area contributed by atoms with Crippen LogP contribution in [0.25, 0.3) is 0 Å². The Kier molecular flexibility index (Phi) is 2.00. The van der Waals surface area contributed by atoms with Crippen molar-refractivity contribution in [3.8, 4) is 0 Å². The van der Waals surface area contributed by atoms with E-state index in [9.17, 15) is 4.79 Å². The maximum atomic E-state index is 11.6. The number of fused-ring (bicyclic) bond motifs is 1. The molecule has 0 saturated heterocycles. The maximum absolute atomic E-state index is 11.6. The lowest BCUT2D eigenvalue weighted by Gasteiger charge is -1.99. The van der Waals surface area contributed by atoms with E-state index in [0.29, 0.717) is 0 Å². The Hall–Kier alpha value is -1.03. The van der Waals surface area contributed by atoms with Crippen molar-refractivity contribution < 1.29 is 4.74 Å². The van der Waals surface area contributed by atoms with Gasteiger partial charge in [-0.3, -0.25) is 9.13 Å². The first-order valence-corrected chi connectivity index (χ1v) is 4.53. The normalized spacial score (nSPS) is 16.8. The van der Waals surface area contributed by atoms with Crippen LogP contribution < -0.4 is 5.69 Å². The minimum absolute atomic E-state index is 0.0758. The fraction of sp³-hybridized carbons (Fsp3) is 0.667. The van der Waals surface area contributed by atoms with Gasteiger partial charge in [0, 0.05) is 38.3 Å². The quantitative estimate of drug-likeness (QED) is 0.559. The summed E-state index contributed by atoms with van der Waals surface area (Å²) in [6.07, 6.45) is 1.70. The predicted molar refractivity (Wildman–Crippen MR) is 48.9 cm³/mol.